The minimum absolute atomic E-state index is 0.108. The highest BCUT2D eigenvalue weighted by atomic mass is 32.2. The molecule has 1 atom stereocenters. The normalized spacial score (nSPS) is 18.2. The molecule has 1 amide bonds. The molecule has 0 N–H and O–H groups in total. The van der Waals surface area contributed by atoms with Crippen LogP contribution in [0.25, 0.3) is 0 Å². The van der Waals surface area contributed by atoms with E-state index in [1.165, 1.54) is 4.90 Å². The first kappa shape index (κ1) is 20.4. The highest BCUT2D eigenvalue weighted by molar-refractivity contribution is 8.16. The first-order valence-corrected chi connectivity index (χ1v) is 11.9. The number of aryl methyl sites for hydroxylation is 1. The van der Waals surface area contributed by atoms with Crippen LogP contribution in [-0.2, 0) is 21.2 Å². The maximum Gasteiger partial charge on any atom is 0.284 e. The highest BCUT2D eigenvalue weighted by Gasteiger charge is 2.41. The Labute approximate surface area is 180 Å². The van der Waals surface area contributed by atoms with Crippen LogP contribution in [0, 0.1) is 0 Å². The quantitative estimate of drug-likeness (QED) is 0.575. The molecule has 0 aromatic heterocycles. The monoisotopic (exact) mass is 436 g/mol. The number of amides is 1. The van der Waals surface area contributed by atoms with Gasteiger partial charge >= 0.3 is 0 Å². The number of benzene rings is 3. The molecule has 7 heteroatoms. The number of sulfonamides is 1. The topological polar surface area (TPSA) is 66.8 Å². The summed E-state index contributed by atoms with van der Waals surface area (Å²) in [6.07, 6.45) is 0.819. The van der Waals surface area contributed by atoms with E-state index in [1.54, 1.807) is 48.5 Å². The molecule has 3 aromatic carbocycles. The molecule has 5 nitrogen and oxygen atoms in total. The zero-order valence-electron chi connectivity index (χ0n) is 16.3. The van der Waals surface area contributed by atoms with Crippen LogP contribution in [0.15, 0.2) is 94.2 Å². The van der Waals surface area contributed by atoms with E-state index in [9.17, 15) is 13.2 Å². The fourth-order valence-corrected chi connectivity index (χ4v) is 5.54. The summed E-state index contributed by atoms with van der Waals surface area (Å²) in [5, 5.41) is -0.401. The molecule has 1 saturated heterocycles. The van der Waals surface area contributed by atoms with Crippen LogP contribution in [0.5, 0.6) is 0 Å². The van der Waals surface area contributed by atoms with Crippen molar-refractivity contribution in [2.75, 3.05) is 4.90 Å². The molecule has 30 heavy (non-hydrogen) atoms. The summed E-state index contributed by atoms with van der Waals surface area (Å²) in [5.74, 6) is -0.215. The van der Waals surface area contributed by atoms with Gasteiger partial charge in [-0.25, -0.2) is 0 Å². The fraction of sp³-hybridized carbons (Fsp3) is 0.130. The lowest BCUT2D eigenvalue weighted by atomic mass is 10.1. The zero-order chi connectivity index (χ0) is 21.1. The maximum atomic E-state index is 13.3. The Balaban J connectivity index is 1.77. The van der Waals surface area contributed by atoms with E-state index in [0.717, 1.165) is 29.3 Å². The third-order valence-corrected chi connectivity index (χ3v) is 7.39. The van der Waals surface area contributed by atoms with E-state index in [1.807, 2.05) is 43.3 Å². The number of carbonyl (C=O) groups excluding carboxylic acids is 1. The number of hydrogen-bond donors (Lipinski definition) is 0. The lowest BCUT2D eigenvalue weighted by Crippen LogP contribution is -2.30. The first-order valence-electron chi connectivity index (χ1n) is 9.54. The Morgan fingerprint density at radius 1 is 0.900 bits per heavy atom. The number of carbonyl (C=O) groups is 1. The molecule has 1 fully saturated rings. The molecular weight excluding hydrogens is 416 g/mol. The molecule has 4 rings (SSSR count). The Bertz CT molecular complexity index is 1180. The van der Waals surface area contributed by atoms with E-state index in [4.69, 9.17) is 0 Å². The van der Waals surface area contributed by atoms with Gasteiger partial charge in [-0.3, -0.25) is 9.69 Å². The lowest BCUT2D eigenvalue weighted by Gasteiger charge is -2.16. The molecule has 152 valence electrons. The van der Waals surface area contributed by atoms with Gasteiger partial charge in [0.2, 0.25) is 0 Å². The van der Waals surface area contributed by atoms with Crippen molar-refractivity contribution in [2.24, 2.45) is 4.40 Å². The molecule has 1 aliphatic heterocycles. The van der Waals surface area contributed by atoms with E-state index in [0.29, 0.717) is 5.69 Å². The van der Waals surface area contributed by atoms with Crippen LogP contribution < -0.4 is 4.90 Å². The van der Waals surface area contributed by atoms with Crippen LogP contribution in [0.2, 0.25) is 0 Å². The van der Waals surface area contributed by atoms with Crippen LogP contribution in [-0.4, -0.2) is 19.5 Å². The number of hydrogen-bond acceptors (Lipinski definition) is 4. The minimum atomic E-state index is -3.97. The second kappa shape index (κ2) is 8.45. The summed E-state index contributed by atoms with van der Waals surface area (Å²) in [6.45, 7) is 2.01. The van der Waals surface area contributed by atoms with Crippen molar-refractivity contribution in [2.45, 2.75) is 23.5 Å². The van der Waals surface area contributed by atoms with Gasteiger partial charge in [0.1, 0.15) is 5.25 Å². The molecule has 0 unspecified atom stereocenters. The molecular formula is C23H20N2O3S2. The summed E-state index contributed by atoms with van der Waals surface area (Å²) in [4.78, 5) is 14.7. The molecule has 1 aliphatic rings. The molecule has 0 saturated carbocycles. The van der Waals surface area contributed by atoms with Crippen LogP contribution in [0.3, 0.4) is 0 Å². The molecule has 0 aliphatic carbocycles. The Kier molecular flexibility index (Phi) is 5.74. The van der Waals surface area contributed by atoms with Crippen molar-refractivity contribution in [1.29, 1.82) is 0 Å². The second-order valence-electron chi connectivity index (χ2n) is 6.76. The third kappa shape index (κ3) is 4.04. The van der Waals surface area contributed by atoms with Gasteiger partial charge in [-0.2, -0.15) is 8.42 Å². The summed E-state index contributed by atoms with van der Waals surface area (Å²) in [6, 6.07) is 25.0. The van der Waals surface area contributed by atoms with Crippen LogP contribution in [0.4, 0.5) is 5.69 Å². The minimum Gasteiger partial charge on any atom is -0.272 e. The van der Waals surface area contributed by atoms with Gasteiger partial charge in [0.15, 0.2) is 5.17 Å². The lowest BCUT2D eigenvalue weighted by molar-refractivity contribution is -0.117. The fourth-order valence-electron chi connectivity index (χ4n) is 3.19. The highest BCUT2D eigenvalue weighted by Crippen LogP contribution is 2.42. The van der Waals surface area contributed by atoms with Crippen molar-refractivity contribution in [1.82, 2.24) is 0 Å². The van der Waals surface area contributed by atoms with Crippen LogP contribution in [0.1, 0.15) is 23.3 Å². The maximum absolute atomic E-state index is 13.3. The summed E-state index contributed by atoms with van der Waals surface area (Å²) in [7, 11) is -3.97. The Hall–Kier alpha value is -2.90. The summed E-state index contributed by atoms with van der Waals surface area (Å²) in [5.41, 5.74) is 2.44. The Morgan fingerprint density at radius 2 is 1.50 bits per heavy atom. The number of nitrogens with zero attached hydrogens (tertiary/aromatic N) is 2. The van der Waals surface area contributed by atoms with Gasteiger partial charge in [-0.1, -0.05) is 79.3 Å². The molecule has 3 aromatic rings. The smallest absolute Gasteiger partial charge is 0.272 e. The van der Waals surface area contributed by atoms with Crippen LogP contribution >= 0.6 is 11.8 Å². The molecule has 0 spiro atoms. The number of anilines is 1. The zero-order valence-corrected chi connectivity index (χ0v) is 17.9. The average Bonchev–Trinajstić information content (AvgIpc) is 3.10. The van der Waals surface area contributed by atoms with Gasteiger partial charge in [0.05, 0.1) is 10.6 Å². The van der Waals surface area contributed by atoms with Crippen molar-refractivity contribution >= 4 is 38.5 Å². The number of amidine groups is 1. The van der Waals surface area contributed by atoms with Crippen molar-refractivity contribution in [3.8, 4) is 0 Å². The van der Waals surface area contributed by atoms with Crippen molar-refractivity contribution in [3.05, 3.63) is 96.1 Å². The Morgan fingerprint density at radius 3 is 2.10 bits per heavy atom. The van der Waals surface area contributed by atoms with E-state index < -0.39 is 15.3 Å². The van der Waals surface area contributed by atoms with Gasteiger partial charge < -0.3 is 0 Å². The third-order valence-electron chi connectivity index (χ3n) is 4.80. The molecule has 0 bridgehead atoms. The molecule has 1 heterocycles. The molecule has 0 radical (unpaired) electrons. The van der Waals surface area contributed by atoms with Crippen molar-refractivity contribution < 1.29 is 13.2 Å². The van der Waals surface area contributed by atoms with Gasteiger partial charge in [-0.05, 0) is 41.8 Å². The standard InChI is InChI=1S/C23H20N2O3S2/c1-2-17-13-15-20(16-14-17)30(27,28)24-23-25(19-11-7-4-8-12-19)22(26)21(29-23)18-9-5-3-6-10-18/h3-16,21H,2H2,1H3/t21-/m1/s1. The average molecular weight is 437 g/mol. The van der Waals surface area contributed by atoms with E-state index >= 15 is 0 Å². The van der Waals surface area contributed by atoms with Gasteiger partial charge in [-0.15, -0.1) is 4.40 Å². The second-order valence-corrected chi connectivity index (χ2v) is 9.44. The van der Waals surface area contributed by atoms with Crippen molar-refractivity contribution in [3.63, 3.8) is 0 Å². The first-order chi connectivity index (χ1) is 14.5. The van der Waals surface area contributed by atoms with E-state index in [2.05, 4.69) is 4.40 Å². The van der Waals surface area contributed by atoms with E-state index in [-0.39, 0.29) is 16.0 Å². The predicted octanol–water partition coefficient (Wildman–Crippen LogP) is 4.82. The predicted molar refractivity (Wildman–Crippen MR) is 121 cm³/mol. The number of thioether (sulfide) groups is 1. The summed E-state index contributed by atoms with van der Waals surface area (Å²) >= 11 is 1.15. The number of para-hydroxylation sites is 1. The van der Waals surface area contributed by atoms with Gasteiger partial charge in [0, 0.05) is 0 Å². The van der Waals surface area contributed by atoms with Gasteiger partial charge in [0.25, 0.3) is 15.9 Å². The SMILES string of the molecule is CCc1ccc(S(=O)(=O)N=C2S[C@H](c3ccccc3)C(=O)N2c2ccccc2)cc1. The summed E-state index contributed by atoms with van der Waals surface area (Å²) < 4.78 is 30.0. The largest absolute Gasteiger partial charge is 0.284 e. The number of rotatable bonds is 5.